The highest BCUT2D eigenvalue weighted by Gasteiger charge is 2.15. The van der Waals surface area contributed by atoms with Gasteiger partial charge in [0.25, 0.3) is 0 Å². The maximum absolute atomic E-state index is 4.64. The van der Waals surface area contributed by atoms with E-state index in [9.17, 15) is 0 Å². The van der Waals surface area contributed by atoms with Gasteiger partial charge in [-0.1, -0.05) is 6.07 Å². The normalized spacial score (nSPS) is 18.7. The van der Waals surface area contributed by atoms with Crippen LogP contribution in [0.25, 0.3) is 5.82 Å². The predicted octanol–water partition coefficient (Wildman–Crippen LogP) is 2.74. The van der Waals surface area contributed by atoms with E-state index in [1.165, 1.54) is 17.9 Å². The van der Waals surface area contributed by atoms with Gasteiger partial charge in [0.2, 0.25) is 0 Å². The van der Waals surface area contributed by atoms with Crippen molar-refractivity contribution in [2.24, 2.45) is 5.92 Å². The van der Waals surface area contributed by atoms with Crippen molar-refractivity contribution < 1.29 is 0 Å². The lowest BCUT2D eigenvalue weighted by Crippen LogP contribution is -2.14. The summed E-state index contributed by atoms with van der Waals surface area (Å²) in [5, 5.41) is 3.45. The number of hydrogen-bond donors (Lipinski definition) is 1. The first kappa shape index (κ1) is 12.5. The molecule has 1 atom stereocenters. The highest BCUT2D eigenvalue weighted by atomic mass is 32.2. The number of anilines is 1. The molecule has 3 heterocycles. The molecule has 5 heteroatoms. The quantitative estimate of drug-likeness (QED) is 0.931. The molecule has 0 aromatic carbocycles. The molecule has 1 fully saturated rings. The average Bonchev–Trinajstić information content (AvgIpc) is 3.08. The molecule has 1 N–H and O–H groups in total. The maximum Gasteiger partial charge on any atom is 0.140 e. The monoisotopic (exact) mass is 274 g/mol. The van der Waals surface area contributed by atoms with Crippen LogP contribution in [-0.2, 0) is 0 Å². The first-order valence-electron chi connectivity index (χ1n) is 6.62. The Bertz CT molecular complexity index is 546. The Morgan fingerprint density at radius 1 is 1.47 bits per heavy atom. The molecule has 2 aromatic heterocycles. The number of pyridine rings is 1. The minimum Gasteiger partial charge on any atom is -0.370 e. The third kappa shape index (κ3) is 2.92. The number of hydrogen-bond acceptors (Lipinski definition) is 4. The first-order valence-corrected chi connectivity index (χ1v) is 7.77. The molecule has 1 aliphatic heterocycles. The molecule has 100 valence electrons. The van der Waals surface area contributed by atoms with Gasteiger partial charge in [0.15, 0.2) is 0 Å². The molecule has 19 heavy (non-hydrogen) atoms. The summed E-state index contributed by atoms with van der Waals surface area (Å²) in [5.74, 6) is 6.17. The van der Waals surface area contributed by atoms with Gasteiger partial charge in [-0.2, -0.15) is 11.8 Å². The van der Waals surface area contributed by atoms with Gasteiger partial charge >= 0.3 is 0 Å². The fourth-order valence-corrected chi connectivity index (χ4v) is 3.55. The van der Waals surface area contributed by atoms with Crippen molar-refractivity contribution in [3.8, 4) is 5.82 Å². The highest BCUT2D eigenvalue weighted by molar-refractivity contribution is 7.99. The number of aromatic nitrogens is 3. The third-order valence-electron chi connectivity index (χ3n) is 3.40. The van der Waals surface area contributed by atoms with Gasteiger partial charge in [-0.15, -0.1) is 0 Å². The summed E-state index contributed by atoms with van der Waals surface area (Å²) in [4.78, 5) is 8.87. The fraction of sp³-hybridized carbons (Fsp3) is 0.429. The minimum atomic E-state index is 0.783. The second kappa shape index (κ2) is 5.65. The van der Waals surface area contributed by atoms with E-state index >= 15 is 0 Å². The summed E-state index contributed by atoms with van der Waals surface area (Å²) in [6.45, 7) is 3.00. The molecular weight excluding hydrogens is 256 g/mol. The van der Waals surface area contributed by atoms with Gasteiger partial charge in [0.05, 0.1) is 0 Å². The van der Waals surface area contributed by atoms with E-state index < -0.39 is 0 Å². The van der Waals surface area contributed by atoms with Crippen LogP contribution in [0.3, 0.4) is 0 Å². The van der Waals surface area contributed by atoms with Crippen molar-refractivity contribution in [1.29, 1.82) is 0 Å². The van der Waals surface area contributed by atoms with Gasteiger partial charge < -0.3 is 5.32 Å². The molecule has 1 unspecified atom stereocenters. The van der Waals surface area contributed by atoms with Crippen LogP contribution in [0.15, 0.2) is 30.6 Å². The maximum atomic E-state index is 4.64. The number of rotatable bonds is 4. The largest absolute Gasteiger partial charge is 0.370 e. The zero-order valence-corrected chi connectivity index (χ0v) is 11.9. The zero-order chi connectivity index (χ0) is 13.1. The molecule has 0 bridgehead atoms. The number of aryl methyl sites for hydroxylation is 1. The first-order chi connectivity index (χ1) is 9.33. The zero-order valence-electron chi connectivity index (χ0n) is 11.0. The summed E-state index contributed by atoms with van der Waals surface area (Å²) < 4.78 is 2.00. The van der Waals surface area contributed by atoms with E-state index in [4.69, 9.17) is 0 Å². The van der Waals surface area contributed by atoms with Crippen LogP contribution >= 0.6 is 11.8 Å². The van der Waals surface area contributed by atoms with Gasteiger partial charge in [0, 0.05) is 18.9 Å². The second-order valence-corrected chi connectivity index (χ2v) is 5.99. The molecule has 1 aliphatic rings. The van der Waals surface area contributed by atoms with Crippen molar-refractivity contribution in [3.63, 3.8) is 0 Å². The van der Waals surface area contributed by atoms with Crippen LogP contribution in [0, 0.1) is 12.8 Å². The molecule has 3 rings (SSSR count). The van der Waals surface area contributed by atoms with E-state index in [1.807, 2.05) is 47.6 Å². The van der Waals surface area contributed by atoms with E-state index in [1.54, 1.807) is 6.20 Å². The molecule has 0 amide bonds. The fourth-order valence-electron chi connectivity index (χ4n) is 2.27. The van der Waals surface area contributed by atoms with E-state index in [0.717, 1.165) is 29.9 Å². The summed E-state index contributed by atoms with van der Waals surface area (Å²) >= 11 is 2.05. The van der Waals surface area contributed by atoms with Crippen molar-refractivity contribution in [2.75, 3.05) is 23.4 Å². The van der Waals surface area contributed by atoms with Gasteiger partial charge in [-0.05, 0) is 42.9 Å². The van der Waals surface area contributed by atoms with Gasteiger partial charge in [-0.3, -0.25) is 4.57 Å². The molecule has 2 aromatic rings. The lowest BCUT2D eigenvalue weighted by Gasteiger charge is -2.12. The number of thioether (sulfide) groups is 1. The Labute approximate surface area is 117 Å². The average molecular weight is 274 g/mol. The Hall–Kier alpha value is -1.49. The standard InChI is InChI=1S/C14H18N4S/c1-11-15-6-7-18(11)14-4-2-3-13(17-14)16-9-12-5-8-19-10-12/h2-4,6-7,12H,5,8-10H2,1H3,(H,16,17). The summed E-state index contributed by atoms with van der Waals surface area (Å²) in [7, 11) is 0. The van der Waals surface area contributed by atoms with Crippen LogP contribution in [0.1, 0.15) is 12.2 Å². The van der Waals surface area contributed by atoms with E-state index in [0.29, 0.717) is 0 Å². The Morgan fingerprint density at radius 3 is 3.16 bits per heavy atom. The Balaban J connectivity index is 1.71. The smallest absolute Gasteiger partial charge is 0.140 e. The minimum absolute atomic E-state index is 0.783. The Morgan fingerprint density at radius 2 is 2.42 bits per heavy atom. The van der Waals surface area contributed by atoms with Crippen molar-refractivity contribution in [2.45, 2.75) is 13.3 Å². The third-order valence-corrected chi connectivity index (χ3v) is 4.63. The van der Waals surface area contributed by atoms with Crippen LogP contribution in [0.2, 0.25) is 0 Å². The summed E-state index contributed by atoms with van der Waals surface area (Å²) in [6, 6.07) is 6.07. The van der Waals surface area contributed by atoms with Gasteiger partial charge in [0.1, 0.15) is 17.5 Å². The van der Waals surface area contributed by atoms with Crippen LogP contribution < -0.4 is 5.32 Å². The molecule has 0 spiro atoms. The number of nitrogens with one attached hydrogen (secondary N) is 1. The molecule has 1 saturated heterocycles. The predicted molar refractivity (Wildman–Crippen MR) is 80.0 cm³/mol. The molecule has 0 radical (unpaired) electrons. The van der Waals surface area contributed by atoms with Gasteiger partial charge in [-0.25, -0.2) is 9.97 Å². The van der Waals surface area contributed by atoms with E-state index in [-0.39, 0.29) is 0 Å². The highest BCUT2D eigenvalue weighted by Crippen LogP contribution is 2.23. The second-order valence-electron chi connectivity index (χ2n) is 4.84. The van der Waals surface area contributed by atoms with Crippen LogP contribution in [0.5, 0.6) is 0 Å². The molecule has 4 nitrogen and oxygen atoms in total. The Kier molecular flexibility index (Phi) is 3.73. The molecular formula is C14H18N4S. The lowest BCUT2D eigenvalue weighted by molar-refractivity contribution is 0.630. The van der Waals surface area contributed by atoms with Crippen LogP contribution in [0.4, 0.5) is 5.82 Å². The van der Waals surface area contributed by atoms with Crippen LogP contribution in [-0.4, -0.2) is 32.6 Å². The molecule has 0 saturated carbocycles. The number of nitrogens with zero attached hydrogens (tertiary/aromatic N) is 3. The van der Waals surface area contributed by atoms with Crippen molar-refractivity contribution >= 4 is 17.6 Å². The van der Waals surface area contributed by atoms with E-state index in [2.05, 4.69) is 15.3 Å². The lowest BCUT2D eigenvalue weighted by atomic mass is 10.1. The summed E-state index contributed by atoms with van der Waals surface area (Å²) in [5.41, 5.74) is 0. The number of imidazole rings is 1. The van der Waals surface area contributed by atoms with Crippen molar-refractivity contribution in [3.05, 3.63) is 36.4 Å². The SMILES string of the molecule is Cc1nccn1-c1cccc(NCC2CCSC2)n1. The molecule has 0 aliphatic carbocycles. The van der Waals surface area contributed by atoms with Crippen molar-refractivity contribution in [1.82, 2.24) is 14.5 Å². The topological polar surface area (TPSA) is 42.7 Å². The summed E-state index contributed by atoms with van der Waals surface area (Å²) in [6.07, 6.45) is 5.06.